The van der Waals surface area contributed by atoms with Gasteiger partial charge in [-0.3, -0.25) is 19.8 Å². The van der Waals surface area contributed by atoms with Crippen molar-refractivity contribution in [1.29, 1.82) is 5.41 Å². The Morgan fingerprint density at radius 2 is 1.14 bits per heavy atom. The molecule has 1 aliphatic heterocycles. The van der Waals surface area contributed by atoms with Gasteiger partial charge in [0.1, 0.15) is 0 Å². The molecule has 1 aliphatic rings. The minimum atomic E-state index is -2.35. The van der Waals surface area contributed by atoms with Crippen molar-refractivity contribution in [3.8, 4) is 0 Å². The smallest absolute Gasteiger partial charge is 0.339 e. The van der Waals surface area contributed by atoms with Crippen LogP contribution in [-0.2, 0) is 47.6 Å². The van der Waals surface area contributed by atoms with Crippen molar-refractivity contribution in [2.75, 3.05) is 7.11 Å². The van der Waals surface area contributed by atoms with Crippen LogP contribution in [0.4, 0.5) is 0 Å². The van der Waals surface area contributed by atoms with Crippen molar-refractivity contribution in [2.24, 2.45) is 17.8 Å². The summed E-state index contributed by atoms with van der Waals surface area (Å²) in [4.78, 5) is 50.1. The zero-order valence-corrected chi connectivity index (χ0v) is 22.6. The van der Waals surface area contributed by atoms with E-state index in [0.717, 1.165) is 7.11 Å². The number of rotatable bonds is 8. The molecule has 0 spiro atoms. The van der Waals surface area contributed by atoms with E-state index in [0.29, 0.717) is 0 Å². The second-order valence-electron chi connectivity index (χ2n) is 8.56. The lowest BCUT2D eigenvalue weighted by Crippen LogP contribution is -2.64. The molecule has 5 atom stereocenters. The summed E-state index contributed by atoms with van der Waals surface area (Å²) in [5.74, 6) is -6.22. The highest BCUT2D eigenvalue weighted by Crippen LogP contribution is 2.34. The number of methoxy groups -OCH3 is 1. The highest BCUT2D eigenvalue weighted by Gasteiger charge is 2.57. The van der Waals surface area contributed by atoms with Gasteiger partial charge in [0, 0.05) is 0 Å². The fraction of sp³-hybridized carbons (Fsp3) is 0.762. The van der Waals surface area contributed by atoms with Crippen LogP contribution < -0.4 is 0 Å². The van der Waals surface area contributed by atoms with Gasteiger partial charge in [-0.1, -0.05) is 76.3 Å². The van der Waals surface area contributed by atoms with E-state index < -0.39 is 82.0 Å². The predicted octanol–water partition coefficient (Wildman–Crippen LogP) is 2.95. The SMILES string of the molecule is COC(=O)[C@H]1O[C@@H](OC(=N)C(Cl)(Cl)Cl)[C@H](OC(=O)C(C)C)C(OC(=O)C(C)C)[C@@H]1OC(=O)C(C)C. The van der Waals surface area contributed by atoms with Crippen molar-refractivity contribution >= 4 is 64.6 Å². The number of hydrogen-bond acceptors (Lipinski definition) is 11. The highest BCUT2D eigenvalue weighted by atomic mass is 35.6. The van der Waals surface area contributed by atoms with Crippen LogP contribution in [-0.4, -0.2) is 71.4 Å². The van der Waals surface area contributed by atoms with Crippen molar-refractivity contribution in [3.05, 3.63) is 0 Å². The molecule has 0 aromatic heterocycles. The third-order valence-corrected chi connectivity index (χ3v) is 5.11. The summed E-state index contributed by atoms with van der Waals surface area (Å²) in [5.41, 5.74) is 0. The maximum atomic E-state index is 12.6. The summed E-state index contributed by atoms with van der Waals surface area (Å²) in [7, 11) is 1.05. The normalized spacial score (nSPS) is 24.7. The number of carbonyl (C=O) groups is 4. The first-order valence-corrected chi connectivity index (χ1v) is 11.8. The van der Waals surface area contributed by atoms with Gasteiger partial charge < -0.3 is 28.4 Å². The minimum absolute atomic E-state index is 0.641. The van der Waals surface area contributed by atoms with Crippen LogP contribution in [0.15, 0.2) is 0 Å². The Balaban J connectivity index is 3.65. The summed E-state index contributed by atoms with van der Waals surface area (Å²) in [6.45, 7) is 9.23. The highest BCUT2D eigenvalue weighted by molar-refractivity contribution is 6.76. The number of hydrogen-bond donors (Lipinski definition) is 1. The van der Waals surface area contributed by atoms with Gasteiger partial charge in [0.05, 0.1) is 24.9 Å². The van der Waals surface area contributed by atoms with Crippen LogP contribution in [0.5, 0.6) is 0 Å². The molecule has 1 fully saturated rings. The maximum Gasteiger partial charge on any atom is 0.339 e. The number of halogens is 3. The lowest BCUT2D eigenvalue weighted by atomic mass is 9.97. The molecule has 1 heterocycles. The molecular weight excluding hydrogens is 533 g/mol. The second-order valence-corrected chi connectivity index (χ2v) is 10.8. The topological polar surface area (TPSA) is 148 Å². The average Bonchev–Trinajstić information content (AvgIpc) is 2.75. The monoisotopic (exact) mass is 561 g/mol. The van der Waals surface area contributed by atoms with Gasteiger partial charge in [-0.25, -0.2) is 4.79 Å². The zero-order chi connectivity index (χ0) is 27.2. The van der Waals surface area contributed by atoms with Gasteiger partial charge in [0.25, 0.3) is 3.79 Å². The molecule has 0 aromatic carbocycles. The van der Waals surface area contributed by atoms with E-state index in [-0.39, 0.29) is 0 Å². The predicted molar refractivity (Wildman–Crippen MR) is 124 cm³/mol. The van der Waals surface area contributed by atoms with Gasteiger partial charge in [-0.15, -0.1) is 0 Å². The Kier molecular flexibility index (Phi) is 11.5. The van der Waals surface area contributed by atoms with Gasteiger partial charge >= 0.3 is 23.9 Å². The third-order valence-electron chi connectivity index (χ3n) is 4.59. The molecule has 11 nitrogen and oxygen atoms in total. The Hall–Kier alpha value is -1.82. The molecule has 14 heteroatoms. The Morgan fingerprint density at radius 3 is 1.51 bits per heavy atom. The van der Waals surface area contributed by atoms with E-state index in [1.54, 1.807) is 13.8 Å². The minimum Gasteiger partial charge on any atom is -0.467 e. The molecule has 35 heavy (non-hydrogen) atoms. The molecule has 1 rings (SSSR count). The van der Waals surface area contributed by atoms with E-state index >= 15 is 0 Å². The zero-order valence-electron chi connectivity index (χ0n) is 20.3. The lowest BCUT2D eigenvalue weighted by molar-refractivity contribution is -0.288. The molecular formula is C21H30Cl3NO10. The van der Waals surface area contributed by atoms with Crippen molar-refractivity contribution in [1.82, 2.24) is 0 Å². The number of ether oxygens (including phenoxy) is 6. The summed E-state index contributed by atoms with van der Waals surface area (Å²) in [5, 5.41) is 7.90. The van der Waals surface area contributed by atoms with E-state index in [1.807, 2.05) is 0 Å². The van der Waals surface area contributed by atoms with E-state index in [1.165, 1.54) is 27.7 Å². The average molecular weight is 563 g/mol. The lowest BCUT2D eigenvalue weighted by Gasteiger charge is -2.44. The number of carbonyl (C=O) groups excluding carboxylic acids is 4. The van der Waals surface area contributed by atoms with Gasteiger partial charge in [0.2, 0.25) is 18.3 Å². The first kappa shape index (κ1) is 31.2. The number of alkyl halides is 3. The van der Waals surface area contributed by atoms with Gasteiger partial charge in [-0.2, -0.15) is 0 Å². The molecule has 1 N–H and O–H groups in total. The van der Waals surface area contributed by atoms with Gasteiger partial charge in [-0.05, 0) is 0 Å². The molecule has 0 saturated carbocycles. The van der Waals surface area contributed by atoms with Gasteiger partial charge in [0.15, 0.2) is 18.3 Å². The summed E-state index contributed by atoms with van der Waals surface area (Å²) in [6, 6.07) is 0. The first-order valence-electron chi connectivity index (χ1n) is 10.7. The van der Waals surface area contributed by atoms with Crippen molar-refractivity contribution in [2.45, 2.75) is 76.0 Å². The molecule has 0 radical (unpaired) electrons. The largest absolute Gasteiger partial charge is 0.467 e. The third kappa shape index (κ3) is 8.66. The maximum absolute atomic E-state index is 12.6. The summed E-state index contributed by atoms with van der Waals surface area (Å²) >= 11 is 17.1. The molecule has 1 saturated heterocycles. The standard InChI is InChI=1S/C21H30Cl3NO10/c1-8(2)15(26)31-11-12(32-16(27)9(3)4)14(33-17(28)10(5)6)19(34-13(11)18(29)30-7)35-20(25)21(22,23)24/h8-14,19,25H,1-7H3/t11-,12?,13-,14+,19-/m0/s1. The van der Waals surface area contributed by atoms with Crippen molar-refractivity contribution < 1.29 is 47.6 Å². The number of nitrogens with one attached hydrogen (secondary N) is 1. The van der Waals surface area contributed by atoms with E-state index in [2.05, 4.69) is 0 Å². The van der Waals surface area contributed by atoms with Crippen LogP contribution in [0.3, 0.4) is 0 Å². The Bertz CT molecular complexity index is 812. The number of esters is 4. The fourth-order valence-electron chi connectivity index (χ4n) is 2.59. The Morgan fingerprint density at radius 1 is 0.743 bits per heavy atom. The molecule has 0 amide bonds. The van der Waals surface area contributed by atoms with Crippen LogP contribution in [0.2, 0.25) is 0 Å². The van der Waals surface area contributed by atoms with Crippen LogP contribution in [0.25, 0.3) is 0 Å². The van der Waals surface area contributed by atoms with Crippen molar-refractivity contribution in [3.63, 3.8) is 0 Å². The molecule has 0 aliphatic carbocycles. The van der Waals surface area contributed by atoms with Crippen LogP contribution >= 0.6 is 34.8 Å². The molecule has 200 valence electrons. The first-order chi connectivity index (χ1) is 16.0. The fourth-order valence-corrected chi connectivity index (χ4v) is 2.73. The van der Waals surface area contributed by atoms with E-state index in [9.17, 15) is 19.2 Å². The quantitative estimate of drug-likeness (QED) is 0.154. The van der Waals surface area contributed by atoms with Crippen LogP contribution in [0, 0.1) is 23.2 Å². The van der Waals surface area contributed by atoms with E-state index in [4.69, 9.17) is 68.6 Å². The second kappa shape index (κ2) is 12.9. The Labute approximate surface area is 218 Å². The summed E-state index contributed by atoms with van der Waals surface area (Å²) in [6.07, 6.45) is -8.35. The molecule has 0 bridgehead atoms. The summed E-state index contributed by atoms with van der Waals surface area (Å²) < 4.78 is 29.8. The van der Waals surface area contributed by atoms with Crippen LogP contribution in [0.1, 0.15) is 41.5 Å². The molecule has 1 unspecified atom stereocenters. The molecule has 0 aromatic rings.